The van der Waals surface area contributed by atoms with Crippen molar-refractivity contribution in [2.45, 2.75) is 6.92 Å². The van der Waals surface area contributed by atoms with Crippen molar-refractivity contribution >= 4 is 12.0 Å². The van der Waals surface area contributed by atoms with Gasteiger partial charge in [0.25, 0.3) is 0 Å². The summed E-state index contributed by atoms with van der Waals surface area (Å²) in [4.78, 5) is 10.9. The Morgan fingerprint density at radius 3 is 2.65 bits per heavy atom. The third kappa shape index (κ3) is 3.83. The first-order valence-corrected chi connectivity index (χ1v) is 5.28. The van der Waals surface area contributed by atoms with Gasteiger partial charge in [-0.05, 0) is 30.7 Å². The minimum Gasteiger partial charge on any atom is -0.493 e. The van der Waals surface area contributed by atoms with E-state index in [1.807, 2.05) is 13.0 Å². The number of esters is 1. The molecule has 0 fully saturated rings. The number of benzene rings is 1. The van der Waals surface area contributed by atoms with Gasteiger partial charge in [0.05, 0.1) is 20.8 Å². The number of hydrogen-bond acceptors (Lipinski definition) is 4. The highest BCUT2D eigenvalue weighted by Gasteiger charge is 2.03. The Morgan fingerprint density at radius 2 is 2.06 bits per heavy atom. The van der Waals surface area contributed by atoms with Gasteiger partial charge < -0.3 is 14.2 Å². The predicted molar refractivity (Wildman–Crippen MR) is 65.2 cm³/mol. The Kier molecular flexibility index (Phi) is 5.07. The number of ether oxygens (including phenoxy) is 3. The van der Waals surface area contributed by atoms with Crippen LogP contribution in [0, 0.1) is 0 Å². The molecule has 0 unspecified atom stereocenters. The monoisotopic (exact) mass is 236 g/mol. The Hall–Kier alpha value is -1.97. The summed E-state index contributed by atoms with van der Waals surface area (Å²) >= 11 is 0. The normalized spacial score (nSPS) is 10.3. The van der Waals surface area contributed by atoms with Gasteiger partial charge in [0.15, 0.2) is 11.5 Å². The van der Waals surface area contributed by atoms with E-state index in [0.29, 0.717) is 18.1 Å². The molecule has 0 saturated heterocycles. The molecule has 1 aromatic carbocycles. The zero-order valence-electron chi connectivity index (χ0n) is 10.2. The molecule has 4 nitrogen and oxygen atoms in total. The van der Waals surface area contributed by atoms with Crippen molar-refractivity contribution in [2.24, 2.45) is 0 Å². The van der Waals surface area contributed by atoms with Crippen LogP contribution < -0.4 is 9.47 Å². The van der Waals surface area contributed by atoms with E-state index in [9.17, 15) is 4.79 Å². The average molecular weight is 236 g/mol. The molecule has 17 heavy (non-hydrogen) atoms. The average Bonchev–Trinajstić information content (AvgIpc) is 2.37. The molecule has 92 valence electrons. The van der Waals surface area contributed by atoms with Gasteiger partial charge in [0.2, 0.25) is 0 Å². The van der Waals surface area contributed by atoms with Crippen molar-refractivity contribution in [3.05, 3.63) is 29.8 Å². The first-order valence-electron chi connectivity index (χ1n) is 5.28. The lowest BCUT2D eigenvalue weighted by Crippen LogP contribution is -1.96. The van der Waals surface area contributed by atoms with Crippen LogP contribution in [0.2, 0.25) is 0 Å². The van der Waals surface area contributed by atoms with Crippen LogP contribution in [0.1, 0.15) is 12.5 Å². The molecule has 0 bridgehead atoms. The zero-order valence-corrected chi connectivity index (χ0v) is 10.2. The molecule has 0 radical (unpaired) electrons. The number of methoxy groups -OCH3 is 2. The predicted octanol–water partition coefficient (Wildman–Crippen LogP) is 2.28. The molecule has 0 aliphatic rings. The Morgan fingerprint density at radius 1 is 1.29 bits per heavy atom. The highest BCUT2D eigenvalue weighted by molar-refractivity contribution is 5.87. The van der Waals surface area contributed by atoms with Crippen LogP contribution in [0.4, 0.5) is 0 Å². The van der Waals surface area contributed by atoms with E-state index in [-0.39, 0.29) is 0 Å². The van der Waals surface area contributed by atoms with Gasteiger partial charge in [-0.15, -0.1) is 0 Å². The fraction of sp³-hybridized carbons (Fsp3) is 0.308. The summed E-state index contributed by atoms with van der Waals surface area (Å²) in [5, 5.41) is 0. The smallest absolute Gasteiger partial charge is 0.330 e. The number of hydrogen-bond donors (Lipinski definition) is 0. The maximum Gasteiger partial charge on any atom is 0.330 e. The van der Waals surface area contributed by atoms with Crippen molar-refractivity contribution < 1.29 is 19.0 Å². The second kappa shape index (κ2) is 6.58. The van der Waals surface area contributed by atoms with Crippen LogP contribution in [0.25, 0.3) is 6.08 Å². The molecular formula is C13H16O4. The molecule has 0 N–H and O–H groups in total. The van der Waals surface area contributed by atoms with E-state index < -0.39 is 5.97 Å². The van der Waals surface area contributed by atoms with E-state index in [4.69, 9.17) is 9.47 Å². The van der Waals surface area contributed by atoms with Gasteiger partial charge in [0, 0.05) is 6.08 Å². The third-order valence-electron chi connectivity index (χ3n) is 2.10. The molecule has 0 spiro atoms. The molecule has 0 aliphatic heterocycles. The van der Waals surface area contributed by atoms with E-state index >= 15 is 0 Å². The summed E-state index contributed by atoms with van der Waals surface area (Å²) in [5.74, 6) is 0.932. The summed E-state index contributed by atoms with van der Waals surface area (Å²) in [6.45, 7) is 2.48. The van der Waals surface area contributed by atoms with Crippen molar-refractivity contribution in [2.75, 3.05) is 20.8 Å². The largest absolute Gasteiger partial charge is 0.493 e. The van der Waals surface area contributed by atoms with E-state index in [2.05, 4.69) is 4.74 Å². The Balaban J connectivity index is 2.89. The number of carbonyl (C=O) groups is 1. The summed E-state index contributed by atoms with van der Waals surface area (Å²) in [6.07, 6.45) is 3.01. The fourth-order valence-corrected chi connectivity index (χ4v) is 1.29. The summed E-state index contributed by atoms with van der Waals surface area (Å²) in [6, 6.07) is 5.44. The van der Waals surface area contributed by atoms with Crippen molar-refractivity contribution in [3.63, 3.8) is 0 Å². The minimum atomic E-state index is -0.391. The lowest BCUT2D eigenvalue weighted by atomic mass is 10.2. The molecular weight excluding hydrogens is 220 g/mol. The molecule has 1 rings (SSSR count). The Bertz CT molecular complexity index is 410. The van der Waals surface area contributed by atoms with Gasteiger partial charge in [-0.1, -0.05) is 6.07 Å². The minimum absolute atomic E-state index is 0.391. The summed E-state index contributed by atoms with van der Waals surface area (Å²) < 4.78 is 15.1. The fourth-order valence-electron chi connectivity index (χ4n) is 1.29. The topological polar surface area (TPSA) is 44.8 Å². The maximum absolute atomic E-state index is 10.9. The van der Waals surface area contributed by atoms with Gasteiger partial charge in [-0.25, -0.2) is 4.79 Å². The van der Waals surface area contributed by atoms with Crippen molar-refractivity contribution in [1.29, 1.82) is 0 Å². The number of rotatable bonds is 5. The van der Waals surface area contributed by atoms with Crippen molar-refractivity contribution in [3.8, 4) is 11.5 Å². The quantitative estimate of drug-likeness (QED) is 0.581. The standard InChI is InChI=1S/C13H16O4/c1-4-17-11-7-5-10(9-12(11)15-2)6-8-13(14)16-3/h5-9H,4H2,1-3H3. The molecule has 0 saturated carbocycles. The second-order valence-corrected chi connectivity index (χ2v) is 3.20. The molecule has 0 amide bonds. The zero-order chi connectivity index (χ0) is 12.7. The summed E-state index contributed by atoms with van der Waals surface area (Å²) in [5.41, 5.74) is 0.843. The van der Waals surface area contributed by atoms with Crippen LogP contribution in [0.3, 0.4) is 0 Å². The van der Waals surface area contributed by atoms with Gasteiger partial charge >= 0.3 is 5.97 Å². The van der Waals surface area contributed by atoms with Crippen LogP contribution in [0.5, 0.6) is 11.5 Å². The van der Waals surface area contributed by atoms with Crippen LogP contribution in [0.15, 0.2) is 24.3 Å². The second-order valence-electron chi connectivity index (χ2n) is 3.20. The highest BCUT2D eigenvalue weighted by Crippen LogP contribution is 2.28. The molecule has 0 heterocycles. The van der Waals surface area contributed by atoms with Crippen LogP contribution >= 0.6 is 0 Å². The van der Waals surface area contributed by atoms with E-state index in [0.717, 1.165) is 5.56 Å². The first kappa shape index (κ1) is 13.1. The third-order valence-corrected chi connectivity index (χ3v) is 2.10. The Labute approximate surface area is 101 Å². The van der Waals surface area contributed by atoms with Gasteiger partial charge in [-0.2, -0.15) is 0 Å². The maximum atomic E-state index is 10.9. The van der Waals surface area contributed by atoms with Crippen LogP contribution in [-0.4, -0.2) is 26.8 Å². The lowest BCUT2D eigenvalue weighted by Gasteiger charge is -2.09. The first-order chi connectivity index (χ1) is 8.21. The van der Waals surface area contributed by atoms with Crippen molar-refractivity contribution in [1.82, 2.24) is 0 Å². The summed E-state index contributed by atoms with van der Waals surface area (Å²) in [7, 11) is 2.91. The lowest BCUT2D eigenvalue weighted by molar-refractivity contribution is -0.134. The molecule has 4 heteroatoms. The molecule has 0 aliphatic carbocycles. The van der Waals surface area contributed by atoms with E-state index in [1.54, 1.807) is 25.3 Å². The van der Waals surface area contributed by atoms with Gasteiger partial charge in [0.1, 0.15) is 0 Å². The van der Waals surface area contributed by atoms with Gasteiger partial charge in [-0.3, -0.25) is 0 Å². The molecule has 0 atom stereocenters. The highest BCUT2D eigenvalue weighted by atomic mass is 16.5. The molecule has 1 aromatic rings. The van der Waals surface area contributed by atoms with Crippen LogP contribution in [-0.2, 0) is 9.53 Å². The molecule has 0 aromatic heterocycles. The SMILES string of the molecule is CCOc1ccc(C=CC(=O)OC)cc1OC. The number of carbonyl (C=O) groups excluding carboxylic acids is 1. The van der Waals surface area contributed by atoms with E-state index in [1.165, 1.54) is 13.2 Å².